The van der Waals surface area contributed by atoms with E-state index in [1.54, 1.807) is 12.1 Å². The molecule has 74 valence electrons. The van der Waals surface area contributed by atoms with E-state index in [-0.39, 0.29) is 5.91 Å². The smallest absolute Gasteiger partial charge is 0.230 e. The van der Waals surface area contributed by atoms with E-state index in [0.717, 1.165) is 0 Å². The summed E-state index contributed by atoms with van der Waals surface area (Å²) in [5, 5.41) is 3.25. The fraction of sp³-hybridized carbons (Fsp3) is 0.364. The van der Waals surface area contributed by atoms with Gasteiger partial charge in [0.05, 0.1) is 10.7 Å². The predicted octanol–water partition coefficient (Wildman–Crippen LogP) is 2.92. The Morgan fingerprint density at radius 2 is 2.14 bits per heavy atom. The molecule has 1 rings (SSSR count). The molecule has 0 saturated heterocycles. The molecular weight excluding hydrogens is 198 g/mol. The topological polar surface area (TPSA) is 29.1 Å². The van der Waals surface area contributed by atoms with Crippen molar-refractivity contribution in [3.8, 4) is 0 Å². The first-order valence-electron chi connectivity index (χ1n) is 4.30. The molecule has 0 fully saturated rings. The average Bonchev–Trinajstić information content (AvgIpc) is 2.02. The maximum atomic E-state index is 11.6. The Balaban J connectivity index is 2.75. The minimum atomic E-state index is -0.420. The molecule has 0 unspecified atom stereocenters. The SMILES string of the molecule is CC(C)(C)C(=O)Nc1c#ccc(Cl)c1. The highest BCUT2D eigenvalue weighted by Gasteiger charge is 2.21. The first-order valence-corrected chi connectivity index (χ1v) is 4.68. The Kier molecular flexibility index (Phi) is 3.03. The third-order valence-corrected chi connectivity index (χ3v) is 1.85. The lowest BCUT2D eigenvalue weighted by Crippen LogP contribution is -2.27. The second-order valence-corrected chi connectivity index (χ2v) is 4.50. The molecule has 0 bridgehead atoms. The van der Waals surface area contributed by atoms with Crippen molar-refractivity contribution < 1.29 is 4.79 Å². The molecule has 1 aromatic rings. The molecule has 0 heterocycles. The van der Waals surface area contributed by atoms with E-state index in [1.807, 2.05) is 20.8 Å². The molecule has 14 heavy (non-hydrogen) atoms. The zero-order valence-corrected chi connectivity index (χ0v) is 9.20. The van der Waals surface area contributed by atoms with E-state index in [9.17, 15) is 4.79 Å². The molecule has 0 aliphatic rings. The third kappa shape index (κ3) is 2.93. The van der Waals surface area contributed by atoms with Crippen LogP contribution in [0.15, 0.2) is 12.1 Å². The van der Waals surface area contributed by atoms with E-state index in [2.05, 4.69) is 17.4 Å². The Bertz CT molecular complexity index is 341. The van der Waals surface area contributed by atoms with Gasteiger partial charge in [-0.3, -0.25) is 4.79 Å². The van der Waals surface area contributed by atoms with Gasteiger partial charge in [0, 0.05) is 11.5 Å². The number of amides is 1. The Morgan fingerprint density at radius 3 is 2.64 bits per heavy atom. The molecule has 0 atom stereocenters. The zero-order valence-electron chi connectivity index (χ0n) is 8.44. The summed E-state index contributed by atoms with van der Waals surface area (Å²) >= 11 is 5.74. The monoisotopic (exact) mass is 209 g/mol. The van der Waals surface area contributed by atoms with Gasteiger partial charge < -0.3 is 5.32 Å². The fourth-order valence-electron chi connectivity index (χ4n) is 0.776. The number of halogens is 1. The van der Waals surface area contributed by atoms with E-state index in [1.165, 1.54) is 0 Å². The van der Waals surface area contributed by atoms with Crippen LogP contribution in [0.3, 0.4) is 0 Å². The first-order chi connectivity index (χ1) is 6.39. The minimum Gasteiger partial charge on any atom is -0.319 e. The highest BCUT2D eigenvalue weighted by molar-refractivity contribution is 6.30. The van der Waals surface area contributed by atoms with Crippen LogP contribution in [0.25, 0.3) is 0 Å². The first kappa shape index (κ1) is 10.9. The molecule has 0 spiro atoms. The lowest BCUT2D eigenvalue weighted by Gasteiger charge is -2.16. The second-order valence-electron chi connectivity index (χ2n) is 4.06. The van der Waals surface area contributed by atoms with Crippen molar-refractivity contribution in [3.63, 3.8) is 0 Å². The van der Waals surface area contributed by atoms with Gasteiger partial charge in [-0.1, -0.05) is 38.4 Å². The molecule has 1 N–H and O–H groups in total. The van der Waals surface area contributed by atoms with Gasteiger partial charge in [-0.25, -0.2) is 0 Å². The van der Waals surface area contributed by atoms with Crippen molar-refractivity contribution in [1.82, 2.24) is 0 Å². The van der Waals surface area contributed by atoms with Crippen LogP contribution in [0.2, 0.25) is 5.02 Å². The summed E-state index contributed by atoms with van der Waals surface area (Å²) in [6.07, 6.45) is 0. The Labute approximate surface area is 89.3 Å². The highest BCUT2D eigenvalue weighted by Crippen LogP contribution is 2.17. The van der Waals surface area contributed by atoms with Crippen LogP contribution in [0.1, 0.15) is 20.8 Å². The highest BCUT2D eigenvalue weighted by atomic mass is 35.5. The van der Waals surface area contributed by atoms with Crippen molar-refractivity contribution in [2.24, 2.45) is 5.41 Å². The van der Waals surface area contributed by atoms with E-state index >= 15 is 0 Å². The van der Waals surface area contributed by atoms with Gasteiger partial charge in [0.25, 0.3) is 0 Å². The quantitative estimate of drug-likeness (QED) is 0.757. The van der Waals surface area contributed by atoms with Crippen LogP contribution in [-0.2, 0) is 4.79 Å². The second kappa shape index (κ2) is 3.89. The van der Waals surface area contributed by atoms with E-state index < -0.39 is 5.41 Å². The van der Waals surface area contributed by atoms with Crippen molar-refractivity contribution >= 4 is 23.2 Å². The number of carbonyl (C=O) groups is 1. The summed E-state index contributed by atoms with van der Waals surface area (Å²) in [5.74, 6) is -0.0654. The number of nitrogens with one attached hydrogen (secondary N) is 1. The average molecular weight is 210 g/mol. The predicted molar refractivity (Wildman–Crippen MR) is 57.2 cm³/mol. The maximum Gasteiger partial charge on any atom is 0.230 e. The number of carbonyl (C=O) groups excluding carboxylic acids is 1. The van der Waals surface area contributed by atoms with Gasteiger partial charge in [-0.2, -0.15) is 0 Å². The number of rotatable bonds is 1. The van der Waals surface area contributed by atoms with Gasteiger partial charge in [0.2, 0.25) is 5.91 Å². The van der Waals surface area contributed by atoms with Crippen molar-refractivity contribution in [3.05, 3.63) is 29.3 Å². The van der Waals surface area contributed by atoms with Crippen LogP contribution >= 0.6 is 11.6 Å². The number of hydrogen-bond acceptors (Lipinski definition) is 1. The van der Waals surface area contributed by atoms with Crippen molar-refractivity contribution in [2.45, 2.75) is 20.8 Å². The molecule has 2 nitrogen and oxygen atoms in total. The molecular formula is C11H12ClNO. The van der Waals surface area contributed by atoms with Gasteiger partial charge >= 0.3 is 0 Å². The molecule has 0 aliphatic carbocycles. The van der Waals surface area contributed by atoms with E-state index in [4.69, 9.17) is 11.6 Å². The van der Waals surface area contributed by atoms with Crippen LogP contribution < -0.4 is 5.32 Å². The lowest BCUT2D eigenvalue weighted by molar-refractivity contribution is -0.123. The molecule has 0 aromatic heterocycles. The van der Waals surface area contributed by atoms with Crippen LogP contribution in [0.5, 0.6) is 0 Å². The van der Waals surface area contributed by atoms with E-state index in [0.29, 0.717) is 10.7 Å². The Morgan fingerprint density at radius 1 is 1.50 bits per heavy atom. The standard InChI is InChI=1S/C11H12ClNO/c1-11(2,3)10(14)13-9-6-4-5-8(12)7-9/h5,7H,1-3H3,(H,13,14). The molecule has 0 radical (unpaired) electrons. The summed E-state index contributed by atoms with van der Waals surface area (Å²) in [7, 11) is 0. The maximum absolute atomic E-state index is 11.6. The summed E-state index contributed by atoms with van der Waals surface area (Å²) in [6, 6.07) is 8.72. The van der Waals surface area contributed by atoms with Crippen LogP contribution in [-0.4, -0.2) is 5.91 Å². The van der Waals surface area contributed by atoms with Gasteiger partial charge in [-0.05, 0) is 12.1 Å². The molecule has 0 saturated carbocycles. The fourth-order valence-corrected chi connectivity index (χ4v) is 0.939. The summed E-state index contributed by atoms with van der Waals surface area (Å²) < 4.78 is 0. The van der Waals surface area contributed by atoms with Crippen LogP contribution in [0.4, 0.5) is 5.69 Å². The minimum absolute atomic E-state index is 0.0654. The number of hydrogen-bond donors (Lipinski definition) is 1. The molecule has 3 heteroatoms. The summed E-state index contributed by atoms with van der Waals surface area (Å²) in [5.41, 5.74) is 0.133. The Hall–Kier alpha value is -1.20. The molecule has 0 aliphatic heterocycles. The van der Waals surface area contributed by atoms with Gasteiger partial charge in [0.15, 0.2) is 0 Å². The van der Waals surface area contributed by atoms with Gasteiger partial charge in [0.1, 0.15) is 0 Å². The van der Waals surface area contributed by atoms with Crippen molar-refractivity contribution in [2.75, 3.05) is 5.32 Å². The number of anilines is 1. The third-order valence-electron chi connectivity index (χ3n) is 1.63. The largest absolute Gasteiger partial charge is 0.319 e. The van der Waals surface area contributed by atoms with Crippen molar-refractivity contribution in [1.29, 1.82) is 0 Å². The summed E-state index contributed by atoms with van der Waals surface area (Å²) in [4.78, 5) is 11.6. The van der Waals surface area contributed by atoms with Gasteiger partial charge in [-0.15, -0.1) is 0 Å². The summed E-state index contributed by atoms with van der Waals surface area (Å²) in [6.45, 7) is 5.53. The normalized spacial score (nSPS) is 10.6. The molecule has 1 amide bonds. The molecule has 1 aromatic carbocycles. The van der Waals surface area contributed by atoms with Crippen LogP contribution in [0, 0.1) is 17.5 Å². The lowest BCUT2D eigenvalue weighted by atomic mass is 9.96. The zero-order chi connectivity index (χ0) is 10.8.